The molecule has 7 heteroatoms. The van der Waals surface area contributed by atoms with E-state index in [1.54, 1.807) is 24.3 Å². The quantitative estimate of drug-likeness (QED) is 0.147. The highest BCUT2D eigenvalue weighted by Crippen LogP contribution is 2.84. The van der Waals surface area contributed by atoms with Gasteiger partial charge in [-0.25, -0.2) is 14.4 Å². The predicted octanol–water partition coefficient (Wildman–Crippen LogP) is 7.39. The van der Waals surface area contributed by atoms with Gasteiger partial charge in [-0.3, -0.25) is 4.90 Å². The number of esters is 3. The summed E-state index contributed by atoms with van der Waals surface area (Å²) in [5, 5.41) is 0. The van der Waals surface area contributed by atoms with Crippen LogP contribution in [0.2, 0.25) is 0 Å². The lowest BCUT2D eigenvalue weighted by Gasteiger charge is -2.65. The summed E-state index contributed by atoms with van der Waals surface area (Å²) in [5.74, 6) is -0.600. The van der Waals surface area contributed by atoms with Crippen molar-refractivity contribution in [2.24, 2.45) is 39.9 Å². The molecule has 0 amide bonds. The second-order valence-corrected chi connectivity index (χ2v) is 16.1. The maximum atomic E-state index is 13.9. The molecule has 258 valence electrons. The van der Waals surface area contributed by atoms with E-state index in [2.05, 4.69) is 25.3 Å². The van der Waals surface area contributed by atoms with E-state index in [4.69, 9.17) is 14.2 Å². The van der Waals surface area contributed by atoms with E-state index >= 15 is 0 Å². The first kappa shape index (κ1) is 31.7. The fourth-order valence-corrected chi connectivity index (χ4v) is 12.7. The van der Waals surface area contributed by atoms with Gasteiger partial charge in [-0.2, -0.15) is 0 Å². The van der Waals surface area contributed by atoms with Crippen LogP contribution in [0.5, 0.6) is 0 Å². The molecule has 6 aliphatic rings. The largest absolute Gasteiger partial charge is 0.458 e. The molecule has 7 nitrogen and oxygen atoms in total. The minimum Gasteiger partial charge on any atom is -0.458 e. The van der Waals surface area contributed by atoms with Crippen molar-refractivity contribution in [3.63, 3.8) is 0 Å². The zero-order valence-electron chi connectivity index (χ0n) is 28.8. The molecule has 11 unspecified atom stereocenters. The zero-order chi connectivity index (χ0) is 34.4. The summed E-state index contributed by atoms with van der Waals surface area (Å²) in [4.78, 5) is 44.2. The molecule has 0 N–H and O–H groups in total. The molecule has 3 aromatic carbocycles. The Bertz CT molecular complexity index is 1850. The average molecular weight is 672 g/mol. The Balaban J connectivity index is 1.18. The van der Waals surface area contributed by atoms with Gasteiger partial charge in [0.1, 0.15) is 18.3 Å². The van der Waals surface area contributed by atoms with Crippen LogP contribution in [-0.2, 0) is 14.2 Å². The highest BCUT2D eigenvalue weighted by molar-refractivity contribution is 5.90. The van der Waals surface area contributed by atoms with Crippen molar-refractivity contribution in [2.45, 2.75) is 70.3 Å². The Kier molecular flexibility index (Phi) is 7.23. The summed E-state index contributed by atoms with van der Waals surface area (Å²) in [6, 6.07) is 27.8. The van der Waals surface area contributed by atoms with Crippen LogP contribution in [0.3, 0.4) is 0 Å². The van der Waals surface area contributed by atoms with E-state index < -0.39 is 17.6 Å². The van der Waals surface area contributed by atoms with Gasteiger partial charge in [0.2, 0.25) is 0 Å². The Labute approximate surface area is 294 Å². The second-order valence-electron chi connectivity index (χ2n) is 16.1. The molecule has 3 aromatic rings. The number of fused-ring (bicyclic) bond motifs is 1. The number of nitrogens with zero attached hydrogens (tertiary/aromatic N) is 1. The van der Waals surface area contributed by atoms with E-state index in [1.165, 1.54) is 0 Å². The number of rotatable bonds is 7. The minimum atomic E-state index is -0.533. The molecule has 7 bridgehead atoms. The Morgan fingerprint density at radius 2 is 1.34 bits per heavy atom. The van der Waals surface area contributed by atoms with Crippen molar-refractivity contribution in [1.29, 1.82) is 0 Å². The molecule has 0 radical (unpaired) electrons. The van der Waals surface area contributed by atoms with E-state index in [0.29, 0.717) is 29.0 Å². The van der Waals surface area contributed by atoms with Gasteiger partial charge in [0.05, 0.1) is 16.7 Å². The van der Waals surface area contributed by atoms with Crippen LogP contribution in [0.4, 0.5) is 0 Å². The molecule has 50 heavy (non-hydrogen) atoms. The zero-order valence-corrected chi connectivity index (χ0v) is 28.8. The Hall–Kier alpha value is -4.23. The maximum absolute atomic E-state index is 13.9. The third kappa shape index (κ3) is 4.22. The van der Waals surface area contributed by atoms with Crippen molar-refractivity contribution in [2.75, 3.05) is 13.1 Å². The number of hydrogen-bond donors (Lipinski definition) is 0. The number of benzene rings is 3. The van der Waals surface area contributed by atoms with Gasteiger partial charge in [-0.1, -0.05) is 75.0 Å². The SMILES string of the molecule is C=C1C2CC3(C1OC(=O)c1ccccc1)C1CC4C5(C)CCC(OC(=O)c6ccccc6)C4(C1N(CC)C5)C3CC2OC(=O)c1ccccc1. The third-order valence-electron chi connectivity index (χ3n) is 14.2. The number of ether oxygens (including phenoxy) is 3. The molecule has 2 spiro atoms. The van der Waals surface area contributed by atoms with Crippen LogP contribution in [0.25, 0.3) is 0 Å². The van der Waals surface area contributed by atoms with E-state index in [-0.39, 0.29) is 58.6 Å². The summed E-state index contributed by atoms with van der Waals surface area (Å²) in [7, 11) is 0. The van der Waals surface area contributed by atoms with Crippen LogP contribution in [0.1, 0.15) is 77.0 Å². The number of carbonyl (C=O) groups is 3. The van der Waals surface area contributed by atoms with Gasteiger partial charge in [0.15, 0.2) is 0 Å². The van der Waals surface area contributed by atoms with Crippen molar-refractivity contribution in [3.8, 4) is 0 Å². The van der Waals surface area contributed by atoms with Crippen LogP contribution in [-0.4, -0.2) is 60.3 Å². The van der Waals surface area contributed by atoms with Crippen LogP contribution < -0.4 is 0 Å². The van der Waals surface area contributed by atoms with Crippen LogP contribution in [0, 0.1) is 39.9 Å². The first-order valence-electron chi connectivity index (χ1n) is 18.4. The summed E-state index contributed by atoms with van der Waals surface area (Å²) in [6.45, 7) is 11.2. The first-order valence-corrected chi connectivity index (χ1v) is 18.4. The lowest BCUT2D eigenvalue weighted by Crippen LogP contribution is -2.69. The molecular weight excluding hydrogens is 626 g/mol. The number of likely N-dealkylation sites (tertiary alicyclic amines) is 1. The summed E-state index contributed by atoms with van der Waals surface area (Å²) in [5.41, 5.74) is 1.69. The molecule has 6 fully saturated rings. The van der Waals surface area contributed by atoms with E-state index in [9.17, 15) is 14.4 Å². The smallest absolute Gasteiger partial charge is 0.338 e. The maximum Gasteiger partial charge on any atom is 0.338 e. The van der Waals surface area contributed by atoms with Gasteiger partial charge in [-0.05, 0) is 104 Å². The molecule has 0 aromatic heterocycles. The average Bonchev–Trinajstić information content (AvgIpc) is 3.67. The van der Waals surface area contributed by atoms with E-state index in [0.717, 1.165) is 44.3 Å². The first-order chi connectivity index (χ1) is 24.2. The second kappa shape index (κ2) is 11.4. The van der Waals surface area contributed by atoms with Gasteiger partial charge in [0.25, 0.3) is 0 Å². The molecule has 1 saturated heterocycles. The lowest BCUT2D eigenvalue weighted by atomic mass is 9.43. The van der Waals surface area contributed by atoms with Crippen LogP contribution in [0.15, 0.2) is 103 Å². The number of carbonyl (C=O) groups excluding carboxylic acids is 3. The van der Waals surface area contributed by atoms with Crippen molar-refractivity contribution in [3.05, 3.63) is 120 Å². The Morgan fingerprint density at radius 3 is 1.92 bits per heavy atom. The lowest BCUT2D eigenvalue weighted by molar-refractivity contribution is -0.218. The molecular formula is C43H45NO6. The summed E-state index contributed by atoms with van der Waals surface area (Å²) in [6.07, 6.45) is 2.84. The van der Waals surface area contributed by atoms with Crippen molar-refractivity contribution < 1.29 is 28.6 Å². The van der Waals surface area contributed by atoms with E-state index in [1.807, 2.05) is 66.7 Å². The fraction of sp³-hybridized carbons (Fsp3) is 0.465. The fourth-order valence-electron chi connectivity index (χ4n) is 12.7. The molecule has 11 atom stereocenters. The van der Waals surface area contributed by atoms with Gasteiger partial charge in [-0.15, -0.1) is 0 Å². The number of hydrogen-bond acceptors (Lipinski definition) is 7. The van der Waals surface area contributed by atoms with Gasteiger partial charge < -0.3 is 14.2 Å². The number of piperidine rings is 1. The van der Waals surface area contributed by atoms with Gasteiger partial charge in [0, 0.05) is 29.3 Å². The Morgan fingerprint density at radius 1 is 0.780 bits per heavy atom. The highest BCUT2D eigenvalue weighted by atomic mass is 16.6. The summed E-state index contributed by atoms with van der Waals surface area (Å²) >= 11 is 0. The van der Waals surface area contributed by atoms with Crippen molar-refractivity contribution >= 4 is 17.9 Å². The minimum absolute atomic E-state index is 0.0102. The predicted molar refractivity (Wildman–Crippen MR) is 187 cm³/mol. The van der Waals surface area contributed by atoms with Crippen LogP contribution >= 0.6 is 0 Å². The molecule has 1 aliphatic heterocycles. The molecule has 1 heterocycles. The highest BCUT2D eigenvalue weighted by Gasteiger charge is 2.86. The molecule has 5 aliphatic carbocycles. The third-order valence-corrected chi connectivity index (χ3v) is 14.2. The molecule has 9 rings (SSSR count). The normalized spacial score (nSPS) is 39.0. The molecule has 5 saturated carbocycles. The van der Waals surface area contributed by atoms with Crippen molar-refractivity contribution in [1.82, 2.24) is 4.90 Å². The monoisotopic (exact) mass is 671 g/mol. The summed E-state index contributed by atoms with van der Waals surface area (Å²) < 4.78 is 19.9. The van der Waals surface area contributed by atoms with Gasteiger partial charge >= 0.3 is 17.9 Å². The topological polar surface area (TPSA) is 82.1 Å². The standard InChI is InChI=1S/C43H45NO6/c1-4-44-25-41(3)21-20-35(49-39(46)28-16-10-6-11-17-28)43-33(41)22-31(36(43)44)42-24-30(26(2)37(42)50-40(47)29-18-12-7-13-19-29)32(23-34(42)43)48-38(45)27-14-8-5-9-15-27/h5-19,30-37H,2,4,20-25H2,1,3H3.